The van der Waals surface area contributed by atoms with Gasteiger partial charge in [0.1, 0.15) is 0 Å². The molecule has 0 aliphatic carbocycles. The van der Waals surface area contributed by atoms with Crippen molar-refractivity contribution in [1.29, 1.82) is 0 Å². The lowest BCUT2D eigenvalue weighted by Crippen LogP contribution is -2.45. The molecule has 0 fully saturated rings. The Balaban J connectivity index is 0. The normalized spacial score (nSPS) is 12.0. The van der Waals surface area contributed by atoms with Gasteiger partial charge in [-0.05, 0) is 45.9 Å². The van der Waals surface area contributed by atoms with E-state index in [1.807, 2.05) is 60.7 Å². The molecule has 23 heavy (non-hydrogen) atoms. The van der Waals surface area contributed by atoms with E-state index in [-0.39, 0.29) is 23.3 Å². The minimum Gasteiger partial charge on any atom is -0.297 e. The second-order valence-electron chi connectivity index (χ2n) is 6.60. The molecule has 134 valence electrons. The number of benzene rings is 1. The standard InChI is InChI=1S/C17H27NO.2C2H6/c1-12(2)16(19)15(18(7)17(4,5)6)14-11-9-8-10-13(14)3;2*1-2/h8-12,15H,1-7H3;2*1-2H3. The number of carbonyl (C=O) groups is 1. The Kier molecular flexibility index (Phi) is 11.9. The minimum absolute atomic E-state index is 0.0365. The number of rotatable bonds is 4. The van der Waals surface area contributed by atoms with Crippen LogP contribution in [0.4, 0.5) is 0 Å². The average Bonchev–Trinajstić information content (AvgIpc) is 2.52. The quantitative estimate of drug-likeness (QED) is 0.673. The van der Waals surface area contributed by atoms with Gasteiger partial charge < -0.3 is 0 Å². The van der Waals surface area contributed by atoms with Gasteiger partial charge in [-0.15, -0.1) is 0 Å². The molecule has 0 saturated heterocycles. The van der Waals surface area contributed by atoms with Gasteiger partial charge in [0.15, 0.2) is 5.78 Å². The number of ketones is 1. The van der Waals surface area contributed by atoms with Crippen LogP contribution in [0.1, 0.15) is 79.5 Å². The molecule has 0 spiro atoms. The van der Waals surface area contributed by atoms with Crippen LogP contribution in [0.3, 0.4) is 0 Å². The van der Waals surface area contributed by atoms with E-state index in [0.717, 1.165) is 5.56 Å². The van der Waals surface area contributed by atoms with E-state index in [9.17, 15) is 4.79 Å². The molecule has 0 radical (unpaired) electrons. The van der Waals surface area contributed by atoms with Crippen LogP contribution in [0.25, 0.3) is 0 Å². The Morgan fingerprint density at radius 3 is 1.78 bits per heavy atom. The highest BCUT2D eigenvalue weighted by Gasteiger charge is 2.33. The maximum absolute atomic E-state index is 12.6. The lowest BCUT2D eigenvalue weighted by Gasteiger charge is -2.39. The summed E-state index contributed by atoms with van der Waals surface area (Å²) in [6, 6.07) is 8.02. The van der Waals surface area contributed by atoms with E-state index in [4.69, 9.17) is 0 Å². The Morgan fingerprint density at radius 1 is 1.00 bits per heavy atom. The van der Waals surface area contributed by atoms with E-state index in [1.165, 1.54) is 5.56 Å². The first-order valence-corrected chi connectivity index (χ1v) is 8.98. The van der Waals surface area contributed by atoms with Crippen LogP contribution in [0.15, 0.2) is 24.3 Å². The molecule has 0 bridgehead atoms. The van der Waals surface area contributed by atoms with E-state index in [1.54, 1.807) is 0 Å². The van der Waals surface area contributed by atoms with Crippen molar-refractivity contribution in [3.63, 3.8) is 0 Å². The lowest BCUT2D eigenvalue weighted by atomic mass is 9.89. The zero-order valence-corrected chi connectivity index (χ0v) is 17.3. The number of Topliss-reactive ketones (excluding diaryl/α,β-unsaturated/α-hetero) is 1. The second-order valence-corrected chi connectivity index (χ2v) is 6.60. The highest BCUT2D eigenvalue weighted by molar-refractivity contribution is 5.87. The molecule has 0 N–H and O–H groups in total. The Labute approximate surface area is 145 Å². The first-order valence-electron chi connectivity index (χ1n) is 8.98. The van der Waals surface area contributed by atoms with Gasteiger partial charge in [-0.1, -0.05) is 65.8 Å². The molecule has 0 amide bonds. The summed E-state index contributed by atoms with van der Waals surface area (Å²) in [6.07, 6.45) is 0. The molecule has 0 aromatic heterocycles. The van der Waals surface area contributed by atoms with Crippen LogP contribution in [-0.4, -0.2) is 23.3 Å². The minimum atomic E-state index is -0.166. The number of hydrogen-bond donors (Lipinski definition) is 0. The molecule has 1 unspecified atom stereocenters. The monoisotopic (exact) mass is 321 g/mol. The summed E-state index contributed by atoms with van der Waals surface area (Å²) in [7, 11) is 2.04. The van der Waals surface area contributed by atoms with Gasteiger partial charge >= 0.3 is 0 Å². The van der Waals surface area contributed by atoms with Crippen LogP contribution in [0.2, 0.25) is 0 Å². The van der Waals surface area contributed by atoms with E-state index < -0.39 is 0 Å². The second kappa shape index (κ2) is 11.4. The SMILES string of the molecule is CC.CC.Cc1ccccc1C(C(=O)C(C)C)N(C)C(C)(C)C. The molecule has 1 aromatic rings. The van der Waals surface area contributed by atoms with Crippen molar-refractivity contribution in [3.8, 4) is 0 Å². The highest BCUT2D eigenvalue weighted by atomic mass is 16.1. The smallest absolute Gasteiger partial charge is 0.157 e. The van der Waals surface area contributed by atoms with Crippen LogP contribution in [0, 0.1) is 12.8 Å². The Hall–Kier alpha value is -1.15. The van der Waals surface area contributed by atoms with Crippen molar-refractivity contribution in [2.24, 2.45) is 5.92 Å². The molecule has 0 heterocycles. The van der Waals surface area contributed by atoms with Gasteiger partial charge in [0.05, 0.1) is 6.04 Å². The van der Waals surface area contributed by atoms with Crippen LogP contribution in [0.5, 0.6) is 0 Å². The molecular formula is C21H39NO. The molecule has 1 rings (SSSR count). The number of likely N-dealkylation sites (N-methyl/N-ethyl adjacent to an activating group) is 1. The first-order chi connectivity index (χ1) is 10.7. The third-order valence-corrected chi connectivity index (χ3v) is 3.77. The van der Waals surface area contributed by atoms with E-state index >= 15 is 0 Å². The van der Waals surface area contributed by atoms with Gasteiger partial charge in [-0.2, -0.15) is 0 Å². The number of hydrogen-bond acceptors (Lipinski definition) is 2. The first kappa shape index (κ1) is 24.1. The largest absolute Gasteiger partial charge is 0.297 e. The molecule has 1 atom stereocenters. The summed E-state index contributed by atoms with van der Waals surface area (Å²) in [5.41, 5.74) is 2.26. The maximum Gasteiger partial charge on any atom is 0.157 e. The summed E-state index contributed by atoms with van der Waals surface area (Å²) < 4.78 is 0. The zero-order chi connectivity index (χ0) is 18.8. The maximum atomic E-state index is 12.6. The third-order valence-electron chi connectivity index (χ3n) is 3.77. The summed E-state index contributed by atoms with van der Waals surface area (Å²) >= 11 is 0. The lowest BCUT2D eigenvalue weighted by molar-refractivity contribution is -0.129. The molecule has 0 aliphatic heterocycles. The van der Waals surface area contributed by atoms with Gasteiger partial charge in [-0.25, -0.2) is 0 Å². The summed E-state index contributed by atoms with van der Waals surface area (Å²) in [6.45, 7) is 20.5. The molecule has 2 heteroatoms. The van der Waals surface area contributed by atoms with Gasteiger partial charge in [0.25, 0.3) is 0 Å². The Bertz CT molecular complexity index is 443. The van der Waals surface area contributed by atoms with Gasteiger partial charge in [0, 0.05) is 11.5 Å². The highest BCUT2D eigenvalue weighted by Crippen LogP contribution is 2.31. The van der Waals surface area contributed by atoms with Crippen LogP contribution >= 0.6 is 0 Å². The topological polar surface area (TPSA) is 20.3 Å². The summed E-state index contributed by atoms with van der Waals surface area (Å²) in [5.74, 6) is 0.320. The fraction of sp³-hybridized carbons (Fsp3) is 0.667. The Morgan fingerprint density at radius 2 is 1.43 bits per heavy atom. The van der Waals surface area contributed by atoms with Crippen molar-refractivity contribution in [2.45, 2.75) is 80.8 Å². The van der Waals surface area contributed by atoms with Crippen LogP contribution < -0.4 is 0 Å². The van der Waals surface area contributed by atoms with E-state index in [2.05, 4.69) is 44.7 Å². The molecule has 0 saturated carbocycles. The van der Waals surface area contributed by atoms with Crippen molar-refractivity contribution < 1.29 is 4.79 Å². The summed E-state index contributed by atoms with van der Waals surface area (Å²) in [5, 5.41) is 0. The van der Waals surface area contributed by atoms with Crippen molar-refractivity contribution in [2.75, 3.05) is 7.05 Å². The molecule has 0 aliphatic rings. The predicted molar refractivity (Wildman–Crippen MR) is 104 cm³/mol. The fourth-order valence-corrected chi connectivity index (χ4v) is 2.15. The third kappa shape index (κ3) is 7.30. The number of carbonyl (C=O) groups excluding carboxylic acids is 1. The van der Waals surface area contributed by atoms with Gasteiger partial charge in [-0.3, -0.25) is 9.69 Å². The molecular weight excluding hydrogens is 282 g/mol. The van der Waals surface area contributed by atoms with Crippen molar-refractivity contribution in [3.05, 3.63) is 35.4 Å². The van der Waals surface area contributed by atoms with Gasteiger partial charge in [0.2, 0.25) is 0 Å². The van der Waals surface area contributed by atoms with E-state index in [0.29, 0.717) is 0 Å². The van der Waals surface area contributed by atoms with Crippen molar-refractivity contribution >= 4 is 5.78 Å². The van der Waals surface area contributed by atoms with Crippen LogP contribution in [-0.2, 0) is 4.79 Å². The number of aryl methyl sites for hydroxylation is 1. The number of nitrogens with zero attached hydrogens (tertiary/aromatic N) is 1. The summed E-state index contributed by atoms with van der Waals surface area (Å²) in [4.78, 5) is 14.8. The fourth-order valence-electron chi connectivity index (χ4n) is 2.15. The van der Waals surface area contributed by atoms with Crippen molar-refractivity contribution in [1.82, 2.24) is 4.90 Å². The predicted octanol–water partition coefficient (Wildman–Crippen LogP) is 6.04. The average molecular weight is 322 g/mol. The molecule has 2 nitrogen and oxygen atoms in total. The zero-order valence-electron chi connectivity index (χ0n) is 17.3. The molecule has 1 aromatic carbocycles.